The third kappa shape index (κ3) is 49.3. The van der Waals surface area contributed by atoms with E-state index in [1.807, 2.05) is 6.08 Å². The van der Waals surface area contributed by atoms with Crippen LogP contribution in [0.1, 0.15) is 233 Å². The van der Waals surface area contributed by atoms with Gasteiger partial charge in [0.15, 0.2) is 6.10 Å². The lowest BCUT2D eigenvalue weighted by Gasteiger charge is -2.18. The summed E-state index contributed by atoms with van der Waals surface area (Å²) in [5.74, 6) is -1.01. The molecular weight excluding hydrogens is 793 g/mol. The summed E-state index contributed by atoms with van der Waals surface area (Å²) in [6, 6.07) is 0. The molecule has 6 nitrogen and oxygen atoms in total. The maximum absolute atomic E-state index is 12.8. The molecule has 0 heterocycles. The lowest BCUT2D eigenvalue weighted by Crippen LogP contribution is -2.30. The molecule has 0 aromatic heterocycles. The molecule has 0 aliphatic heterocycles. The van der Waals surface area contributed by atoms with E-state index in [-0.39, 0.29) is 37.5 Å². The van der Waals surface area contributed by atoms with Crippen molar-refractivity contribution in [3.8, 4) is 0 Å². The molecule has 0 fully saturated rings. The van der Waals surface area contributed by atoms with Gasteiger partial charge in [-0.05, 0) is 83.5 Å². The zero-order valence-corrected chi connectivity index (χ0v) is 41.5. The summed E-state index contributed by atoms with van der Waals surface area (Å²) in [6.07, 6.45) is 68.3. The molecule has 0 aliphatic carbocycles. The second-order valence-electron chi connectivity index (χ2n) is 17.1. The number of hydrogen-bond acceptors (Lipinski definition) is 6. The van der Waals surface area contributed by atoms with Crippen LogP contribution in [0.2, 0.25) is 0 Å². The van der Waals surface area contributed by atoms with Crippen LogP contribution in [0.25, 0.3) is 0 Å². The number of allylic oxidation sites excluding steroid dienone is 16. The summed E-state index contributed by atoms with van der Waals surface area (Å²) >= 11 is 0. The van der Waals surface area contributed by atoms with Crippen molar-refractivity contribution < 1.29 is 28.6 Å². The molecule has 0 amide bonds. The third-order valence-electron chi connectivity index (χ3n) is 10.8. The van der Waals surface area contributed by atoms with Crippen molar-refractivity contribution in [2.24, 2.45) is 0 Å². The highest BCUT2D eigenvalue weighted by atomic mass is 16.6. The lowest BCUT2D eigenvalue weighted by molar-refractivity contribution is -0.166. The molecule has 0 aromatic carbocycles. The van der Waals surface area contributed by atoms with Crippen molar-refractivity contribution >= 4 is 17.9 Å². The molecule has 0 saturated heterocycles. The van der Waals surface area contributed by atoms with E-state index in [1.165, 1.54) is 83.5 Å². The van der Waals surface area contributed by atoms with Gasteiger partial charge in [0.25, 0.3) is 0 Å². The Morgan fingerprint density at radius 2 is 0.656 bits per heavy atom. The summed E-state index contributed by atoms with van der Waals surface area (Å²) < 4.78 is 16.7. The first-order valence-electron chi connectivity index (χ1n) is 26.2. The molecule has 0 radical (unpaired) electrons. The highest BCUT2D eigenvalue weighted by Gasteiger charge is 2.19. The lowest BCUT2D eigenvalue weighted by atomic mass is 10.0. The Hall–Kier alpha value is -3.67. The smallest absolute Gasteiger partial charge is 0.306 e. The fourth-order valence-electron chi connectivity index (χ4n) is 6.90. The summed E-state index contributed by atoms with van der Waals surface area (Å²) in [4.78, 5) is 38.0. The maximum atomic E-state index is 12.8. The van der Waals surface area contributed by atoms with E-state index in [0.717, 1.165) is 103 Å². The normalized spacial score (nSPS) is 12.9. The average molecular weight is 889 g/mol. The second kappa shape index (κ2) is 52.0. The predicted molar refractivity (Wildman–Crippen MR) is 274 cm³/mol. The minimum atomic E-state index is -0.814. The number of ether oxygens (including phenoxy) is 3. The number of carbonyl (C=O) groups is 3. The van der Waals surface area contributed by atoms with Gasteiger partial charge in [0.05, 0.1) is 0 Å². The molecule has 0 aliphatic rings. The first-order valence-corrected chi connectivity index (χ1v) is 26.2. The Morgan fingerprint density at radius 1 is 0.328 bits per heavy atom. The molecule has 1 unspecified atom stereocenters. The molecule has 364 valence electrons. The zero-order chi connectivity index (χ0) is 46.5. The van der Waals surface area contributed by atoms with Gasteiger partial charge in [0.1, 0.15) is 13.2 Å². The Bertz CT molecular complexity index is 1300. The molecule has 0 spiro atoms. The van der Waals surface area contributed by atoms with Gasteiger partial charge in [-0.25, -0.2) is 0 Å². The third-order valence-corrected chi connectivity index (χ3v) is 10.8. The van der Waals surface area contributed by atoms with Gasteiger partial charge in [-0.2, -0.15) is 0 Å². The molecular formula is C58H96O6. The number of unbranched alkanes of at least 4 members (excludes halogenated alkanes) is 19. The SMILES string of the molecule is CC/C=C\C/C=C\C/C=C\C/C=C\C/C=C\C/C=C\CCC(=O)OCC(COC(=O)CCCCCCCCCCCCCCC)OC(=O)CCCCCCC/C=C\C/C=C\CCCC. The Labute approximate surface area is 394 Å². The number of esters is 3. The van der Waals surface area contributed by atoms with Crippen LogP contribution in [0.3, 0.4) is 0 Å². The molecule has 6 heteroatoms. The van der Waals surface area contributed by atoms with Crippen molar-refractivity contribution in [3.63, 3.8) is 0 Å². The van der Waals surface area contributed by atoms with E-state index in [0.29, 0.717) is 19.3 Å². The minimum absolute atomic E-state index is 0.106. The summed E-state index contributed by atoms with van der Waals surface area (Å²) in [5.41, 5.74) is 0. The van der Waals surface area contributed by atoms with Crippen molar-refractivity contribution in [2.45, 2.75) is 239 Å². The van der Waals surface area contributed by atoms with Gasteiger partial charge in [-0.15, -0.1) is 0 Å². The average Bonchev–Trinajstić information content (AvgIpc) is 3.29. The van der Waals surface area contributed by atoms with Crippen LogP contribution in [-0.4, -0.2) is 37.2 Å². The summed E-state index contributed by atoms with van der Waals surface area (Å²) in [6.45, 7) is 6.40. The minimum Gasteiger partial charge on any atom is -0.462 e. The Balaban J connectivity index is 4.52. The van der Waals surface area contributed by atoms with Gasteiger partial charge in [0, 0.05) is 19.3 Å². The van der Waals surface area contributed by atoms with Gasteiger partial charge < -0.3 is 14.2 Å². The van der Waals surface area contributed by atoms with Crippen LogP contribution in [0.15, 0.2) is 97.2 Å². The molecule has 0 bridgehead atoms. The molecule has 0 rings (SSSR count). The Kier molecular flexibility index (Phi) is 49.0. The van der Waals surface area contributed by atoms with E-state index in [2.05, 4.69) is 112 Å². The first-order chi connectivity index (χ1) is 31.5. The standard InChI is InChI=1S/C58H96O6/c1-4-7-10-13-16-19-22-25-27-28-29-30-31-34-36-39-42-45-48-51-57(60)63-54-55(53-62-56(59)50-47-44-41-38-35-32-24-21-18-15-12-9-6-3)64-58(61)52-49-46-43-40-37-33-26-23-20-17-14-11-8-5-2/h7,10,14,16-17,19,23,25-27,29-30,34,36,42,45,55H,4-6,8-9,11-13,15,18,20-22,24,28,31-33,35,37-41,43-44,46-54H2,1-3H3/b10-7-,17-14-,19-16-,26-23-,27-25-,30-29-,36-34-,45-42-. The number of rotatable bonds is 46. The van der Waals surface area contributed by atoms with Gasteiger partial charge in [0.2, 0.25) is 0 Å². The van der Waals surface area contributed by atoms with Crippen LogP contribution in [0.5, 0.6) is 0 Å². The van der Waals surface area contributed by atoms with Crippen molar-refractivity contribution in [1.82, 2.24) is 0 Å². The largest absolute Gasteiger partial charge is 0.462 e. The summed E-state index contributed by atoms with van der Waals surface area (Å²) in [7, 11) is 0. The molecule has 0 N–H and O–H groups in total. The fourth-order valence-corrected chi connectivity index (χ4v) is 6.90. The van der Waals surface area contributed by atoms with Crippen LogP contribution in [0, 0.1) is 0 Å². The van der Waals surface area contributed by atoms with Crippen molar-refractivity contribution in [2.75, 3.05) is 13.2 Å². The van der Waals surface area contributed by atoms with E-state index in [4.69, 9.17) is 14.2 Å². The van der Waals surface area contributed by atoms with Crippen molar-refractivity contribution in [3.05, 3.63) is 97.2 Å². The van der Waals surface area contributed by atoms with Crippen LogP contribution < -0.4 is 0 Å². The second-order valence-corrected chi connectivity index (χ2v) is 17.1. The van der Waals surface area contributed by atoms with Crippen LogP contribution >= 0.6 is 0 Å². The quantitative estimate of drug-likeness (QED) is 0.0262. The van der Waals surface area contributed by atoms with E-state index in [9.17, 15) is 14.4 Å². The zero-order valence-electron chi connectivity index (χ0n) is 41.5. The molecule has 64 heavy (non-hydrogen) atoms. The molecule has 1 atom stereocenters. The highest BCUT2D eigenvalue weighted by Crippen LogP contribution is 2.14. The fraction of sp³-hybridized carbons (Fsp3) is 0.672. The van der Waals surface area contributed by atoms with Crippen LogP contribution in [-0.2, 0) is 28.6 Å². The topological polar surface area (TPSA) is 78.9 Å². The monoisotopic (exact) mass is 889 g/mol. The van der Waals surface area contributed by atoms with Gasteiger partial charge in [-0.3, -0.25) is 14.4 Å². The van der Waals surface area contributed by atoms with E-state index >= 15 is 0 Å². The van der Waals surface area contributed by atoms with Gasteiger partial charge >= 0.3 is 17.9 Å². The summed E-state index contributed by atoms with van der Waals surface area (Å²) in [5, 5.41) is 0. The highest BCUT2D eigenvalue weighted by molar-refractivity contribution is 5.71. The number of carbonyl (C=O) groups excluding carboxylic acids is 3. The Morgan fingerprint density at radius 3 is 1.09 bits per heavy atom. The van der Waals surface area contributed by atoms with E-state index < -0.39 is 6.10 Å². The number of hydrogen-bond donors (Lipinski definition) is 0. The maximum Gasteiger partial charge on any atom is 0.306 e. The molecule has 0 aromatic rings. The van der Waals surface area contributed by atoms with E-state index in [1.54, 1.807) is 0 Å². The van der Waals surface area contributed by atoms with Crippen molar-refractivity contribution in [1.29, 1.82) is 0 Å². The predicted octanol–water partition coefficient (Wildman–Crippen LogP) is 17.4. The van der Waals surface area contributed by atoms with Gasteiger partial charge in [-0.1, -0.05) is 227 Å². The van der Waals surface area contributed by atoms with Crippen LogP contribution in [0.4, 0.5) is 0 Å². The first kappa shape index (κ1) is 60.3. The molecule has 0 saturated carbocycles.